The van der Waals surface area contributed by atoms with Crippen molar-refractivity contribution in [2.24, 2.45) is 0 Å². The second kappa shape index (κ2) is 3.75. The standard InChI is InChI=1S/C10H11NO3/c1-2-13-10(12)9-8(14-9)7-3-5-11-6-4-7/h3-6,8-9H,2H2,1H3. The van der Waals surface area contributed by atoms with Crippen LogP contribution in [0.3, 0.4) is 0 Å². The molecule has 0 spiro atoms. The summed E-state index contributed by atoms with van der Waals surface area (Å²) in [5, 5.41) is 0. The molecule has 2 unspecified atom stereocenters. The third-order valence-electron chi connectivity index (χ3n) is 2.05. The van der Waals surface area contributed by atoms with E-state index < -0.39 is 6.10 Å². The number of hydrogen-bond donors (Lipinski definition) is 0. The molecule has 74 valence electrons. The largest absolute Gasteiger partial charge is 0.464 e. The van der Waals surface area contributed by atoms with Gasteiger partial charge in [-0.3, -0.25) is 4.98 Å². The molecule has 1 saturated heterocycles. The Bertz CT molecular complexity index is 325. The Morgan fingerprint density at radius 1 is 1.57 bits per heavy atom. The lowest BCUT2D eigenvalue weighted by Crippen LogP contribution is -2.11. The molecule has 1 fully saturated rings. The normalized spacial score (nSPS) is 24.4. The van der Waals surface area contributed by atoms with Crippen molar-refractivity contribution in [3.63, 3.8) is 0 Å². The van der Waals surface area contributed by atoms with Gasteiger partial charge in [0.1, 0.15) is 6.10 Å². The molecule has 0 aliphatic carbocycles. The van der Waals surface area contributed by atoms with Gasteiger partial charge in [0.15, 0.2) is 6.10 Å². The van der Waals surface area contributed by atoms with Gasteiger partial charge in [0.05, 0.1) is 6.61 Å². The maximum atomic E-state index is 11.2. The van der Waals surface area contributed by atoms with Gasteiger partial charge in [-0.1, -0.05) is 0 Å². The van der Waals surface area contributed by atoms with E-state index >= 15 is 0 Å². The summed E-state index contributed by atoms with van der Waals surface area (Å²) in [6.07, 6.45) is 2.80. The van der Waals surface area contributed by atoms with Gasteiger partial charge in [-0.2, -0.15) is 0 Å². The first-order valence-corrected chi connectivity index (χ1v) is 4.55. The van der Waals surface area contributed by atoms with E-state index in [0.717, 1.165) is 5.56 Å². The highest BCUT2D eigenvalue weighted by atomic mass is 16.6. The zero-order valence-corrected chi connectivity index (χ0v) is 7.84. The van der Waals surface area contributed by atoms with Crippen molar-refractivity contribution in [2.75, 3.05) is 6.61 Å². The molecule has 4 heteroatoms. The first-order chi connectivity index (χ1) is 6.83. The Hall–Kier alpha value is -1.42. The average Bonchev–Trinajstić information content (AvgIpc) is 2.99. The lowest BCUT2D eigenvalue weighted by molar-refractivity contribution is -0.144. The van der Waals surface area contributed by atoms with E-state index in [0.29, 0.717) is 6.61 Å². The molecule has 1 aliphatic rings. The molecule has 1 aromatic rings. The molecule has 1 aromatic heterocycles. The number of carbonyl (C=O) groups excluding carboxylic acids is 1. The van der Waals surface area contributed by atoms with Crippen LogP contribution in [0.2, 0.25) is 0 Å². The minimum atomic E-state index is -0.419. The Morgan fingerprint density at radius 2 is 2.29 bits per heavy atom. The predicted octanol–water partition coefficient (Wildman–Crippen LogP) is 1.08. The lowest BCUT2D eigenvalue weighted by atomic mass is 10.1. The van der Waals surface area contributed by atoms with Gasteiger partial charge in [0, 0.05) is 12.4 Å². The van der Waals surface area contributed by atoms with Crippen LogP contribution in [-0.2, 0) is 14.3 Å². The van der Waals surface area contributed by atoms with E-state index in [4.69, 9.17) is 9.47 Å². The number of carbonyl (C=O) groups is 1. The Morgan fingerprint density at radius 3 is 2.93 bits per heavy atom. The van der Waals surface area contributed by atoms with Crippen molar-refractivity contribution in [2.45, 2.75) is 19.1 Å². The quantitative estimate of drug-likeness (QED) is 0.532. The predicted molar refractivity (Wildman–Crippen MR) is 48.5 cm³/mol. The third-order valence-corrected chi connectivity index (χ3v) is 2.05. The SMILES string of the molecule is CCOC(=O)C1OC1c1ccncc1. The van der Waals surface area contributed by atoms with Crippen LogP contribution in [0.25, 0.3) is 0 Å². The summed E-state index contributed by atoms with van der Waals surface area (Å²) in [6.45, 7) is 2.17. The van der Waals surface area contributed by atoms with Crippen molar-refractivity contribution in [1.29, 1.82) is 0 Å². The van der Waals surface area contributed by atoms with Gasteiger partial charge >= 0.3 is 5.97 Å². The Labute approximate surface area is 81.9 Å². The fourth-order valence-electron chi connectivity index (χ4n) is 1.32. The van der Waals surface area contributed by atoms with Crippen LogP contribution in [0, 0.1) is 0 Å². The summed E-state index contributed by atoms with van der Waals surface area (Å²) in [6, 6.07) is 3.67. The van der Waals surface area contributed by atoms with E-state index in [-0.39, 0.29) is 12.1 Å². The number of epoxide rings is 1. The summed E-state index contributed by atoms with van der Waals surface area (Å²) in [5.74, 6) is -0.283. The number of nitrogens with zero attached hydrogens (tertiary/aromatic N) is 1. The minimum absolute atomic E-state index is 0.142. The highest BCUT2D eigenvalue weighted by molar-refractivity contribution is 5.78. The minimum Gasteiger partial charge on any atom is -0.464 e. The first-order valence-electron chi connectivity index (χ1n) is 4.55. The van der Waals surface area contributed by atoms with E-state index in [1.165, 1.54) is 0 Å². The summed E-state index contributed by atoms with van der Waals surface area (Å²) in [7, 11) is 0. The molecule has 2 rings (SSSR count). The molecular weight excluding hydrogens is 182 g/mol. The first kappa shape index (κ1) is 9.15. The highest BCUT2D eigenvalue weighted by Crippen LogP contribution is 2.38. The van der Waals surface area contributed by atoms with Crippen molar-refractivity contribution < 1.29 is 14.3 Å². The molecule has 0 amide bonds. The molecule has 0 saturated carbocycles. The van der Waals surface area contributed by atoms with Gasteiger partial charge in [-0.15, -0.1) is 0 Å². The van der Waals surface area contributed by atoms with E-state index in [2.05, 4.69) is 4.98 Å². The number of aromatic nitrogens is 1. The lowest BCUT2D eigenvalue weighted by Gasteiger charge is -1.96. The number of pyridine rings is 1. The maximum absolute atomic E-state index is 11.2. The summed E-state index contributed by atoms with van der Waals surface area (Å²) in [4.78, 5) is 15.1. The molecule has 2 atom stereocenters. The van der Waals surface area contributed by atoms with Gasteiger partial charge < -0.3 is 9.47 Å². The topological polar surface area (TPSA) is 51.7 Å². The molecule has 1 aliphatic heterocycles. The molecule has 4 nitrogen and oxygen atoms in total. The van der Waals surface area contributed by atoms with Crippen molar-refractivity contribution in [3.05, 3.63) is 30.1 Å². The fourth-order valence-corrected chi connectivity index (χ4v) is 1.32. The number of hydrogen-bond acceptors (Lipinski definition) is 4. The zero-order valence-electron chi connectivity index (χ0n) is 7.84. The maximum Gasteiger partial charge on any atom is 0.338 e. The van der Waals surface area contributed by atoms with Crippen molar-refractivity contribution in [1.82, 2.24) is 4.98 Å². The molecule has 0 radical (unpaired) electrons. The summed E-state index contributed by atoms with van der Waals surface area (Å²) >= 11 is 0. The summed E-state index contributed by atoms with van der Waals surface area (Å²) in [5.41, 5.74) is 0.970. The Kier molecular flexibility index (Phi) is 2.45. The molecular formula is C10H11NO3. The number of ether oxygens (including phenoxy) is 2. The van der Waals surface area contributed by atoms with Crippen LogP contribution in [0.1, 0.15) is 18.6 Å². The van der Waals surface area contributed by atoms with E-state index in [1.807, 2.05) is 12.1 Å². The number of rotatable bonds is 3. The molecule has 0 bridgehead atoms. The average molecular weight is 193 g/mol. The third kappa shape index (κ3) is 1.75. The van der Waals surface area contributed by atoms with Crippen LogP contribution in [-0.4, -0.2) is 23.7 Å². The second-order valence-corrected chi connectivity index (χ2v) is 3.01. The monoisotopic (exact) mass is 193 g/mol. The number of esters is 1. The zero-order chi connectivity index (χ0) is 9.97. The smallest absolute Gasteiger partial charge is 0.338 e. The Balaban J connectivity index is 1.96. The molecule has 14 heavy (non-hydrogen) atoms. The molecule has 2 heterocycles. The fraction of sp³-hybridized carbons (Fsp3) is 0.400. The van der Waals surface area contributed by atoms with Gasteiger partial charge in [-0.25, -0.2) is 4.79 Å². The van der Waals surface area contributed by atoms with Gasteiger partial charge in [0.2, 0.25) is 0 Å². The van der Waals surface area contributed by atoms with Crippen LogP contribution < -0.4 is 0 Å². The molecule has 0 aromatic carbocycles. The van der Waals surface area contributed by atoms with Crippen LogP contribution in [0.5, 0.6) is 0 Å². The van der Waals surface area contributed by atoms with Crippen LogP contribution in [0.15, 0.2) is 24.5 Å². The second-order valence-electron chi connectivity index (χ2n) is 3.01. The van der Waals surface area contributed by atoms with Crippen LogP contribution in [0.4, 0.5) is 0 Å². The van der Waals surface area contributed by atoms with E-state index in [9.17, 15) is 4.79 Å². The van der Waals surface area contributed by atoms with Gasteiger partial charge in [0.25, 0.3) is 0 Å². The van der Waals surface area contributed by atoms with Crippen molar-refractivity contribution in [3.8, 4) is 0 Å². The molecule has 0 N–H and O–H groups in total. The van der Waals surface area contributed by atoms with E-state index in [1.54, 1.807) is 19.3 Å². The highest BCUT2D eigenvalue weighted by Gasteiger charge is 2.47. The summed E-state index contributed by atoms with van der Waals surface area (Å²) < 4.78 is 10.1. The van der Waals surface area contributed by atoms with Crippen LogP contribution >= 0.6 is 0 Å². The van der Waals surface area contributed by atoms with Gasteiger partial charge in [-0.05, 0) is 24.6 Å². The van der Waals surface area contributed by atoms with Crippen molar-refractivity contribution >= 4 is 5.97 Å².